The van der Waals surface area contributed by atoms with Gasteiger partial charge in [-0.2, -0.15) is 0 Å². The molecule has 2 aromatic rings. The van der Waals surface area contributed by atoms with Gasteiger partial charge in [0.1, 0.15) is 6.54 Å². The molecule has 0 radical (unpaired) electrons. The molecule has 0 aromatic heterocycles. The number of amides is 2. The highest BCUT2D eigenvalue weighted by Gasteiger charge is 2.18. The van der Waals surface area contributed by atoms with Crippen LogP contribution in [0.3, 0.4) is 0 Å². The molecule has 1 N–H and O–H groups in total. The molecule has 6 heteroatoms. The maximum atomic E-state index is 12.2. The molecule has 2 rings (SSSR count). The SMILES string of the molecule is CC(=O)N(CC(=O)Nc1ccc(Cl)cc1)c1ccc(C)cc1Br. The number of anilines is 2. The van der Waals surface area contributed by atoms with Gasteiger partial charge in [0.25, 0.3) is 0 Å². The van der Waals surface area contributed by atoms with Gasteiger partial charge >= 0.3 is 0 Å². The van der Waals surface area contributed by atoms with E-state index in [4.69, 9.17) is 11.6 Å². The summed E-state index contributed by atoms with van der Waals surface area (Å²) in [5.74, 6) is -0.490. The second-order valence-electron chi connectivity index (χ2n) is 5.12. The lowest BCUT2D eigenvalue weighted by Gasteiger charge is -2.22. The van der Waals surface area contributed by atoms with E-state index in [9.17, 15) is 9.59 Å². The average molecular weight is 396 g/mol. The summed E-state index contributed by atoms with van der Waals surface area (Å²) in [6.45, 7) is 3.32. The monoisotopic (exact) mass is 394 g/mol. The number of halogens is 2. The number of benzene rings is 2. The van der Waals surface area contributed by atoms with Crippen molar-refractivity contribution in [3.63, 3.8) is 0 Å². The zero-order valence-corrected chi connectivity index (χ0v) is 15.1. The summed E-state index contributed by atoms with van der Waals surface area (Å²) >= 11 is 9.25. The molecule has 120 valence electrons. The molecule has 0 aliphatic rings. The van der Waals surface area contributed by atoms with Gasteiger partial charge in [-0.1, -0.05) is 17.7 Å². The Labute approximate surface area is 148 Å². The van der Waals surface area contributed by atoms with E-state index >= 15 is 0 Å². The van der Waals surface area contributed by atoms with Crippen LogP contribution in [0.15, 0.2) is 46.9 Å². The topological polar surface area (TPSA) is 49.4 Å². The third-order valence-electron chi connectivity index (χ3n) is 3.20. The second kappa shape index (κ2) is 7.62. The smallest absolute Gasteiger partial charge is 0.244 e. The standard InChI is InChI=1S/C17H16BrClN2O2/c1-11-3-8-16(15(18)9-11)21(12(2)22)10-17(23)20-14-6-4-13(19)5-7-14/h3-9H,10H2,1-2H3,(H,20,23). The van der Waals surface area contributed by atoms with E-state index < -0.39 is 0 Å². The molecular formula is C17H16BrClN2O2. The van der Waals surface area contributed by atoms with Crippen molar-refractivity contribution in [3.05, 3.63) is 57.5 Å². The van der Waals surface area contributed by atoms with Gasteiger partial charge in [0, 0.05) is 22.1 Å². The zero-order chi connectivity index (χ0) is 17.0. The predicted octanol–water partition coefficient (Wildman–Crippen LogP) is 4.40. The van der Waals surface area contributed by atoms with Crippen LogP contribution in [0.1, 0.15) is 12.5 Å². The Kier molecular flexibility index (Phi) is 5.80. The van der Waals surface area contributed by atoms with Crippen LogP contribution < -0.4 is 10.2 Å². The first-order valence-electron chi connectivity index (χ1n) is 6.96. The summed E-state index contributed by atoms with van der Waals surface area (Å²) in [4.78, 5) is 25.6. The summed E-state index contributed by atoms with van der Waals surface area (Å²) < 4.78 is 0.770. The molecule has 0 saturated carbocycles. The molecule has 0 atom stereocenters. The first-order valence-corrected chi connectivity index (χ1v) is 8.13. The van der Waals surface area contributed by atoms with Crippen LogP contribution in [0.25, 0.3) is 0 Å². The molecule has 0 unspecified atom stereocenters. The summed E-state index contributed by atoms with van der Waals surface area (Å²) in [5, 5.41) is 3.34. The molecule has 23 heavy (non-hydrogen) atoms. The molecule has 2 amide bonds. The third-order valence-corrected chi connectivity index (χ3v) is 4.09. The van der Waals surface area contributed by atoms with Gasteiger partial charge in [0.15, 0.2) is 0 Å². The number of hydrogen-bond acceptors (Lipinski definition) is 2. The summed E-state index contributed by atoms with van der Waals surface area (Å²) in [6.07, 6.45) is 0. The van der Waals surface area contributed by atoms with Crippen molar-refractivity contribution in [2.24, 2.45) is 0 Å². The van der Waals surface area contributed by atoms with E-state index in [0.717, 1.165) is 10.0 Å². The van der Waals surface area contributed by atoms with Crippen molar-refractivity contribution in [3.8, 4) is 0 Å². The Morgan fingerprint density at radius 3 is 2.39 bits per heavy atom. The number of carbonyl (C=O) groups excluding carboxylic acids is 2. The fourth-order valence-corrected chi connectivity index (χ4v) is 2.91. The minimum atomic E-state index is -0.282. The van der Waals surface area contributed by atoms with E-state index in [1.807, 2.05) is 25.1 Å². The number of rotatable bonds is 4. The van der Waals surface area contributed by atoms with Gasteiger partial charge < -0.3 is 10.2 Å². The molecule has 2 aromatic carbocycles. The number of aryl methyl sites for hydroxylation is 1. The molecule has 0 bridgehead atoms. The molecule has 0 spiro atoms. The first-order chi connectivity index (χ1) is 10.9. The van der Waals surface area contributed by atoms with Gasteiger partial charge in [-0.05, 0) is 64.8 Å². The van der Waals surface area contributed by atoms with E-state index in [2.05, 4.69) is 21.2 Å². The molecule has 0 saturated heterocycles. The van der Waals surface area contributed by atoms with E-state index in [0.29, 0.717) is 16.4 Å². The quantitative estimate of drug-likeness (QED) is 0.834. The minimum absolute atomic E-state index is 0.0698. The number of nitrogens with one attached hydrogen (secondary N) is 1. The van der Waals surface area contributed by atoms with Crippen LogP contribution in [0, 0.1) is 6.92 Å². The van der Waals surface area contributed by atoms with Gasteiger partial charge in [-0.25, -0.2) is 0 Å². The molecule has 0 fully saturated rings. The van der Waals surface area contributed by atoms with Gasteiger partial charge in [0.05, 0.1) is 5.69 Å². The number of carbonyl (C=O) groups is 2. The van der Waals surface area contributed by atoms with Crippen LogP contribution in [-0.2, 0) is 9.59 Å². The summed E-state index contributed by atoms with van der Waals surface area (Å²) in [5.41, 5.74) is 2.36. The highest BCUT2D eigenvalue weighted by Crippen LogP contribution is 2.27. The zero-order valence-electron chi connectivity index (χ0n) is 12.8. The van der Waals surface area contributed by atoms with Crippen molar-refractivity contribution in [1.29, 1.82) is 0 Å². The van der Waals surface area contributed by atoms with Crippen LogP contribution in [0.5, 0.6) is 0 Å². The van der Waals surface area contributed by atoms with E-state index in [-0.39, 0.29) is 18.4 Å². The Morgan fingerprint density at radius 1 is 1.17 bits per heavy atom. The van der Waals surface area contributed by atoms with Crippen molar-refractivity contribution >= 4 is 50.7 Å². The second-order valence-corrected chi connectivity index (χ2v) is 6.41. The fraction of sp³-hybridized carbons (Fsp3) is 0.176. The van der Waals surface area contributed by atoms with Crippen LogP contribution in [0.4, 0.5) is 11.4 Å². The minimum Gasteiger partial charge on any atom is -0.325 e. The summed E-state index contributed by atoms with van der Waals surface area (Å²) in [7, 11) is 0. The highest BCUT2D eigenvalue weighted by atomic mass is 79.9. The van der Waals surface area contributed by atoms with Crippen molar-refractivity contribution in [2.75, 3.05) is 16.8 Å². The number of hydrogen-bond donors (Lipinski definition) is 1. The lowest BCUT2D eigenvalue weighted by atomic mass is 10.2. The Morgan fingerprint density at radius 2 is 1.83 bits per heavy atom. The molecule has 4 nitrogen and oxygen atoms in total. The Balaban J connectivity index is 2.14. The normalized spacial score (nSPS) is 10.3. The first kappa shape index (κ1) is 17.5. The third kappa shape index (κ3) is 4.81. The Hall–Kier alpha value is -1.85. The predicted molar refractivity (Wildman–Crippen MR) is 97.0 cm³/mol. The number of nitrogens with zero attached hydrogens (tertiary/aromatic N) is 1. The average Bonchev–Trinajstić information content (AvgIpc) is 2.48. The molecule has 0 heterocycles. The van der Waals surface area contributed by atoms with Crippen molar-refractivity contribution in [1.82, 2.24) is 0 Å². The molecule has 0 aliphatic heterocycles. The van der Waals surface area contributed by atoms with Crippen LogP contribution >= 0.6 is 27.5 Å². The van der Waals surface area contributed by atoms with E-state index in [1.165, 1.54) is 11.8 Å². The summed E-state index contributed by atoms with van der Waals surface area (Å²) in [6, 6.07) is 12.4. The maximum Gasteiger partial charge on any atom is 0.244 e. The van der Waals surface area contributed by atoms with Gasteiger partial charge in [-0.15, -0.1) is 0 Å². The van der Waals surface area contributed by atoms with Crippen molar-refractivity contribution < 1.29 is 9.59 Å². The molecular weight excluding hydrogens is 380 g/mol. The lowest BCUT2D eigenvalue weighted by molar-refractivity contribution is -0.120. The van der Waals surface area contributed by atoms with Crippen molar-refractivity contribution in [2.45, 2.75) is 13.8 Å². The fourth-order valence-electron chi connectivity index (χ4n) is 2.07. The largest absolute Gasteiger partial charge is 0.325 e. The van der Waals surface area contributed by atoms with E-state index in [1.54, 1.807) is 24.3 Å². The highest BCUT2D eigenvalue weighted by molar-refractivity contribution is 9.10. The van der Waals surface area contributed by atoms with Crippen LogP contribution in [-0.4, -0.2) is 18.4 Å². The van der Waals surface area contributed by atoms with Gasteiger partial charge in [-0.3, -0.25) is 9.59 Å². The molecule has 0 aliphatic carbocycles. The lowest BCUT2D eigenvalue weighted by Crippen LogP contribution is -2.36. The van der Waals surface area contributed by atoms with Gasteiger partial charge in [0.2, 0.25) is 11.8 Å². The van der Waals surface area contributed by atoms with Crippen LogP contribution in [0.2, 0.25) is 5.02 Å². The maximum absolute atomic E-state index is 12.2. The Bertz CT molecular complexity index is 732.